The summed E-state index contributed by atoms with van der Waals surface area (Å²) >= 11 is 1.44. The summed E-state index contributed by atoms with van der Waals surface area (Å²) < 4.78 is 10.4. The summed E-state index contributed by atoms with van der Waals surface area (Å²) in [6.07, 6.45) is 0. The molecule has 0 saturated heterocycles. The third-order valence-electron chi connectivity index (χ3n) is 4.22. The van der Waals surface area contributed by atoms with E-state index in [2.05, 4.69) is 5.32 Å². The molecule has 3 aromatic rings. The number of ketones is 1. The van der Waals surface area contributed by atoms with E-state index in [1.807, 2.05) is 36.4 Å². The molecule has 0 aliphatic carbocycles. The van der Waals surface area contributed by atoms with E-state index in [9.17, 15) is 9.59 Å². The maximum Gasteiger partial charge on any atom is 0.255 e. The Bertz CT molecular complexity index is 1000. The summed E-state index contributed by atoms with van der Waals surface area (Å²) in [4.78, 5) is 25.8. The number of amides is 1. The van der Waals surface area contributed by atoms with Crippen LogP contribution < -0.4 is 14.8 Å². The molecule has 1 amide bonds. The first-order valence-electron chi connectivity index (χ1n) is 8.95. The average molecular weight is 407 g/mol. The maximum absolute atomic E-state index is 12.5. The minimum Gasteiger partial charge on any atom is -0.497 e. The Labute approximate surface area is 174 Å². The molecule has 148 valence electrons. The Morgan fingerprint density at radius 2 is 1.66 bits per heavy atom. The van der Waals surface area contributed by atoms with Crippen LogP contribution in [0.1, 0.15) is 20.7 Å². The van der Waals surface area contributed by atoms with E-state index in [-0.39, 0.29) is 11.7 Å². The van der Waals surface area contributed by atoms with Crippen molar-refractivity contribution in [1.29, 1.82) is 0 Å². The fraction of sp³-hybridized carbons (Fsp3) is 0.130. The monoisotopic (exact) mass is 407 g/mol. The lowest BCUT2D eigenvalue weighted by atomic mass is 10.1. The highest BCUT2D eigenvalue weighted by Gasteiger charge is 2.12. The Morgan fingerprint density at radius 1 is 0.897 bits per heavy atom. The highest BCUT2D eigenvalue weighted by molar-refractivity contribution is 8.00. The van der Waals surface area contributed by atoms with Crippen LogP contribution in [0.25, 0.3) is 0 Å². The quantitative estimate of drug-likeness (QED) is 0.424. The number of anilines is 1. The third kappa shape index (κ3) is 5.39. The fourth-order valence-corrected chi connectivity index (χ4v) is 3.49. The number of methoxy groups -OCH3 is 2. The van der Waals surface area contributed by atoms with Crippen LogP contribution in [0.3, 0.4) is 0 Å². The predicted molar refractivity (Wildman–Crippen MR) is 115 cm³/mol. The van der Waals surface area contributed by atoms with Crippen molar-refractivity contribution in [1.82, 2.24) is 0 Å². The van der Waals surface area contributed by atoms with E-state index in [1.165, 1.54) is 11.8 Å². The van der Waals surface area contributed by atoms with Gasteiger partial charge in [0.1, 0.15) is 11.5 Å². The molecule has 0 fully saturated rings. The molecule has 29 heavy (non-hydrogen) atoms. The van der Waals surface area contributed by atoms with Crippen LogP contribution in [0, 0.1) is 0 Å². The zero-order valence-corrected chi connectivity index (χ0v) is 17.0. The SMILES string of the molecule is COc1cccc(C(=O)Nc2ccc(SCC(=O)c3ccccc3OC)cc2)c1. The number of carbonyl (C=O) groups excluding carboxylic acids is 2. The number of Topliss-reactive ketones (excluding diaryl/α,β-unsaturated/α-hetero) is 1. The number of carbonyl (C=O) groups is 2. The van der Waals surface area contributed by atoms with Crippen molar-refractivity contribution in [2.45, 2.75) is 4.90 Å². The third-order valence-corrected chi connectivity index (χ3v) is 5.23. The second-order valence-corrected chi connectivity index (χ2v) is 7.17. The zero-order chi connectivity index (χ0) is 20.6. The molecule has 0 aromatic heterocycles. The molecule has 1 N–H and O–H groups in total. The molecule has 0 aliphatic rings. The second-order valence-electron chi connectivity index (χ2n) is 6.12. The van der Waals surface area contributed by atoms with Gasteiger partial charge in [-0.2, -0.15) is 0 Å². The number of hydrogen-bond acceptors (Lipinski definition) is 5. The largest absolute Gasteiger partial charge is 0.497 e. The molecule has 0 aliphatic heterocycles. The number of para-hydroxylation sites is 1. The van der Waals surface area contributed by atoms with Crippen molar-refractivity contribution < 1.29 is 19.1 Å². The molecule has 0 saturated carbocycles. The molecule has 3 aromatic carbocycles. The molecule has 0 bridgehead atoms. The lowest BCUT2D eigenvalue weighted by Crippen LogP contribution is -2.11. The Kier molecular flexibility index (Phi) is 6.92. The van der Waals surface area contributed by atoms with Gasteiger partial charge in [-0.15, -0.1) is 11.8 Å². The highest BCUT2D eigenvalue weighted by Crippen LogP contribution is 2.25. The molecular weight excluding hydrogens is 386 g/mol. The van der Waals surface area contributed by atoms with Gasteiger partial charge in [-0.1, -0.05) is 18.2 Å². The van der Waals surface area contributed by atoms with Crippen LogP contribution in [-0.2, 0) is 0 Å². The molecule has 6 heteroatoms. The molecule has 3 rings (SSSR count). The van der Waals surface area contributed by atoms with Crippen LogP contribution in [0.2, 0.25) is 0 Å². The lowest BCUT2D eigenvalue weighted by molar-refractivity contribution is 0.101. The summed E-state index contributed by atoms with van der Waals surface area (Å²) in [6.45, 7) is 0. The minimum atomic E-state index is -0.212. The first kappa shape index (κ1) is 20.5. The Balaban J connectivity index is 1.58. The molecule has 0 heterocycles. The number of rotatable bonds is 8. The summed E-state index contributed by atoms with van der Waals surface area (Å²) in [7, 11) is 3.11. The predicted octanol–water partition coefficient (Wildman–Crippen LogP) is 4.93. The number of benzene rings is 3. The van der Waals surface area contributed by atoms with Crippen molar-refractivity contribution in [2.24, 2.45) is 0 Å². The van der Waals surface area contributed by atoms with Crippen LogP contribution >= 0.6 is 11.8 Å². The topological polar surface area (TPSA) is 64.6 Å². The second kappa shape index (κ2) is 9.80. The summed E-state index contributed by atoms with van der Waals surface area (Å²) in [5.74, 6) is 1.30. The Hall–Kier alpha value is -3.25. The van der Waals surface area contributed by atoms with Crippen molar-refractivity contribution in [3.05, 3.63) is 83.9 Å². The van der Waals surface area contributed by atoms with Gasteiger partial charge in [0, 0.05) is 16.1 Å². The van der Waals surface area contributed by atoms with Gasteiger partial charge in [-0.25, -0.2) is 0 Å². The zero-order valence-electron chi connectivity index (χ0n) is 16.2. The van der Waals surface area contributed by atoms with Crippen LogP contribution in [-0.4, -0.2) is 31.7 Å². The smallest absolute Gasteiger partial charge is 0.255 e. The van der Waals surface area contributed by atoms with Gasteiger partial charge in [0.25, 0.3) is 5.91 Å². The van der Waals surface area contributed by atoms with E-state index < -0.39 is 0 Å². The molecule has 0 spiro atoms. The average Bonchev–Trinajstić information content (AvgIpc) is 2.78. The number of thioether (sulfide) groups is 1. The van der Waals surface area contributed by atoms with Crippen LogP contribution in [0.15, 0.2) is 77.7 Å². The fourth-order valence-electron chi connectivity index (χ4n) is 2.70. The van der Waals surface area contributed by atoms with Crippen LogP contribution in [0.4, 0.5) is 5.69 Å². The van der Waals surface area contributed by atoms with E-state index in [0.717, 1.165) is 4.90 Å². The lowest BCUT2D eigenvalue weighted by Gasteiger charge is -2.09. The van der Waals surface area contributed by atoms with Crippen molar-refractivity contribution in [2.75, 3.05) is 25.3 Å². The van der Waals surface area contributed by atoms with Crippen LogP contribution in [0.5, 0.6) is 11.5 Å². The van der Waals surface area contributed by atoms with Gasteiger partial charge >= 0.3 is 0 Å². The number of ether oxygens (including phenoxy) is 2. The molecule has 0 atom stereocenters. The van der Waals surface area contributed by atoms with E-state index in [1.54, 1.807) is 50.6 Å². The minimum absolute atomic E-state index is 0.00264. The normalized spacial score (nSPS) is 10.3. The summed E-state index contributed by atoms with van der Waals surface area (Å²) in [6, 6.07) is 21.5. The van der Waals surface area contributed by atoms with Crippen molar-refractivity contribution >= 4 is 29.1 Å². The van der Waals surface area contributed by atoms with Gasteiger partial charge in [0.2, 0.25) is 0 Å². The van der Waals surface area contributed by atoms with Gasteiger partial charge in [-0.05, 0) is 54.6 Å². The number of nitrogens with one attached hydrogen (secondary N) is 1. The van der Waals surface area contributed by atoms with E-state index >= 15 is 0 Å². The molecular formula is C23H21NO4S. The molecule has 5 nitrogen and oxygen atoms in total. The Morgan fingerprint density at radius 3 is 2.38 bits per heavy atom. The first-order valence-corrected chi connectivity index (χ1v) is 9.94. The molecule has 0 unspecified atom stereocenters. The summed E-state index contributed by atoms with van der Waals surface area (Å²) in [5, 5.41) is 2.86. The highest BCUT2D eigenvalue weighted by atomic mass is 32.2. The van der Waals surface area contributed by atoms with Gasteiger partial charge in [-0.3, -0.25) is 9.59 Å². The standard InChI is InChI=1S/C23H21NO4S/c1-27-18-7-5-6-16(14-18)23(26)24-17-10-12-19(13-11-17)29-15-21(25)20-8-3-4-9-22(20)28-2/h3-14H,15H2,1-2H3,(H,24,26). The van der Waals surface area contributed by atoms with Gasteiger partial charge in [0.05, 0.1) is 25.5 Å². The van der Waals surface area contributed by atoms with E-state index in [0.29, 0.717) is 34.1 Å². The first-order chi connectivity index (χ1) is 14.1. The van der Waals surface area contributed by atoms with Gasteiger partial charge in [0.15, 0.2) is 5.78 Å². The van der Waals surface area contributed by atoms with Crippen molar-refractivity contribution in [3.63, 3.8) is 0 Å². The number of hydrogen-bond donors (Lipinski definition) is 1. The van der Waals surface area contributed by atoms with Crippen molar-refractivity contribution in [3.8, 4) is 11.5 Å². The van der Waals surface area contributed by atoms with E-state index in [4.69, 9.17) is 9.47 Å². The van der Waals surface area contributed by atoms with Gasteiger partial charge < -0.3 is 14.8 Å². The maximum atomic E-state index is 12.5. The molecule has 0 radical (unpaired) electrons. The summed E-state index contributed by atoms with van der Waals surface area (Å²) in [5.41, 5.74) is 1.77.